The highest BCUT2D eigenvalue weighted by atomic mass is 35.5. The molecule has 0 aliphatic rings. The topological polar surface area (TPSA) is 25.8 Å². The maximum Gasteiger partial charge on any atom is 0.157 e. The summed E-state index contributed by atoms with van der Waals surface area (Å²) in [7, 11) is 0. The number of aryl methyl sites for hydroxylation is 1. The van der Waals surface area contributed by atoms with E-state index in [4.69, 9.17) is 11.6 Å². The van der Waals surface area contributed by atoms with E-state index in [1.165, 1.54) is 9.75 Å². The first kappa shape index (κ1) is 11.0. The van der Waals surface area contributed by atoms with Gasteiger partial charge in [0.2, 0.25) is 0 Å². The standard InChI is InChI=1S/C10H11ClN2S2/c1-3-7-4-5-8(14-7)10-13-12-9(15-10)6(2)11/h4-6H,3H2,1-2H3. The van der Waals surface area contributed by atoms with Crippen molar-refractivity contribution in [2.45, 2.75) is 25.6 Å². The molecule has 80 valence electrons. The van der Waals surface area contributed by atoms with E-state index in [1.807, 2.05) is 6.92 Å². The van der Waals surface area contributed by atoms with Crippen molar-refractivity contribution >= 4 is 34.3 Å². The van der Waals surface area contributed by atoms with Crippen molar-refractivity contribution < 1.29 is 0 Å². The maximum absolute atomic E-state index is 5.95. The van der Waals surface area contributed by atoms with Crippen LogP contribution in [0.25, 0.3) is 9.88 Å². The van der Waals surface area contributed by atoms with Gasteiger partial charge in [0.05, 0.1) is 10.3 Å². The summed E-state index contributed by atoms with van der Waals surface area (Å²) in [6, 6.07) is 4.25. The first-order valence-corrected chi connectivity index (χ1v) is 6.84. The van der Waals surface area contributed by atoms with Crippen LogP contribution in [0, 0.1) is 0 Å². The number of hydrogen-bond donors (Lipinski definition) is 0. The van der Waals surface area contributed by atoms with E-state index in [0.29, 0.717) is 0 Å². The maximum atomic E-state index is 5.95. The molecular weight excluding hydrogens is 248 g/mol. The van der Waals surface area contributed by atoms with Crippen LogP contribution in [0.15, 0.2) is 12.1 Å². The van der Waals surface area contributed by atoms with Gasteiger partial charge in [-0.25, -0.2) is 0 Å². The van der Waals surface area contributed by atoms with Crippen LogP contribution in [-0.2, 0) is 6.42 Å². The Bertz CT molecular complexity index is 448. The van der Waals surface area contributed by atoms with Crippen molar-refractivity contribution in [3.63, 3.8) is 0 Å². The molecule has 0 fully saturated rings. The van der Waals surface area contributed by atoms with Crippen molar-refractivity contribution in [1.29, 1.82) is 0 Å². The van der Waals surface area contributed by atoms with Gasteiger partial charge in [-0.15, -0.1) is 33.1 Å². The predicted octanol–water partition coefficient (Wildman–Crippen LogP) is 4.13. The Morgan fingerprint density at radius 1 is 1.33 bits per heavy atom. The van der Waals surface area contributed by atoms with Crippen LogP contribution in [0.2, 0.25) is 0 Å². The van der Waals surface area contributed by atoms with Crippen molar-refractivity contribution in [1.82, 2.24) is 10.2 Å². The highest BCUT2D eigenvalue weighted by Crippen LogP contribution is 2.33. The van der Waals surface area contributed by atoms with E-state index >= 15 is 0 Å². The lowest BCUT2D eigenvalue weighted by Crippen LogP contribution is -1.80. The minimum atomic E-state index is -0.0538. The zero-order chi connectivity index (χ0) is 10.8. The Kier molecular flexibility index (Phi) is 3.38. The Hall–Kier alpha value is -0.450. The summed E-state index contributed by atoms with van der Waals surface area (Å²) in [5.41, 5.74) is 0. The molecule has 0 spiro atoms. The van der Waals surface area contributed by atoms with Gasteiger partial charge in [-0.2, -0.15) is 0 Å². The molecule has 0 aliphatic carbocycles. The number of nitrogens with zero attached hydrogens (tertiary/aromatic N) is 2. The summed E-state index contributed by atoms with van der Waals surface area (Å²) in [5, 5.41) is 10.0. The molecule has 2 aromatic heterocycles. The molecule has 2 rings (SSSR count). The van der Waals surface area contributed by atoms with Gasteiger partial charge in [-0.1, -0.05) is 18.3 Å². The van der Waals surface area contributed by atoms with Crippen LogP contribution in [0.5, 0.6) is 0 Å². The van der Waals surface area contributed by atoms with Crippen LogP contribution >= 0.6 is 34.3 Å². The number of rotatable bonds is 3. The summed E-state index contributed by atoms with van der Waals surface area (Å²) in [4.78, 5) is 2.56. The Morgan fingerprint density at radius 2 is 2.13 bits per heavy atom. The molecule has 0 aliphatic heterocycles. The van der Waals surface area contributed by atoms with Gasteiger partial charge in [0.1, 0.15) is 5.01 Å². The molecule has 1 unspecified atom stereocenters. The van der Waals surface area contributed by atoms with Crippen LogP contribution < -0.4 is 0 Å². The molecular formula is C10H11ClN2S2. The molecule has 0 amide bonds. The fourth-order valence-electron chi connectivity index (χ4n) is 1.18. The van der Waals surface area contributed by atoms with Crippen molar-refractivity contribution in [2.75, 3.05) is 0 Å². The van der Waals surface area contributed by atoms with Gasteiger partial charge in [0, 0.05) is 4.88 Å². The fraction of sp³-hybridized carbons (Fsp3) is 0.400. The zero-order valence-electron chi connectivity index (χ0n) is 8.53. The third-order valence-electron chi connectivity index (χ3n) is 2.00. The van der Waals surface area contributed by atoms with Crippen LogP contribution in [0.3, 0.4) is 0 Å². The molecule has 2 aromatic rings. The lowest BCUT2D eigenvalue weighted by atomic mass is 10.4. The third kappa shape index (κ3) is 2.38. The molecule has 15 heavy (non-hydrogen) atoms. The number of thiophene rings is 1. The van der Waals surface area contributed by atoms with Crippen molar-refractivity contribution in [3.8, 4) is 9.88 Å². The minimum Gasteiger partial charge on any atom is -0.142 e. The van der Waals surface area contributed by atoms with Gasteiger partial charge in [-0.05, 0) is 25.5 Å². The zero-order valence-corrected chi connectivity index (χ0v) is 10.9. The van der Waals surface area contributed by atoms with E-state index in [0.717, 1.165) is 16.4 Å². The van der Waals surface area contributed by atoms with Gasteiger partial charge in [0.25, 0.3) is 0 Å². The molecule has 0 N–H and O–H groups in total. The first-order valence-electron chi connectivity index (χ1n) is 4.77. The van der Waals surface area contributed by atoms with Crippen molar-refractivity contribution in [2.24, 2.45) is 0 Å². The molecule has 2 nitrogen and oxygen atoms in total. The van der Waals surface area contributed by atoms with E-state index in [9.17, 15) is 0 Å². The van der Waals surface area contributed by atoms with Crippen LogP contribution in [0.1, 0.15) is 29.1 Å². The lowest BCUT2D eigenvalue weighted by molar-refractivity contribution is 0.963. The molecule has 0 bridgehead atoms. The van der Waals surface area contributed by atoms with Gasteiger partial charge < -0.3 is 0 Å². The van der Waals surface area contributed by atoms with Gasteiger partial charge in [0.15, 0.2) is 5.01 Å². The van der Waals surface area contributed by atoms with E-state index in [-0.39, 0.29) is 5.38 Å². The number of hydrogen-bond acceptors (Lipinski definition) is 4. The van der Waals surface area contributed by atoms with Crippen LogP contribution in [-0.4, -0.2) is 10.2 Å². The summed E-state index contributed by atoms with van der Waals surface area (Å²) in [5.74, 6) is 0. The summed E-state index contributed by atoms with van der Waals surface area (Å²) >= 11 is 9.30. The first-order chi connectivity index (χ1) is 7.20. The van der Waals surface area contributed by atoms with Gasteiger partial charge >= 0.3 is 0 Å². The second-order valence-electron chi connectivity index (χ2n) is 3.18. The van der Waals surface area contributed by atoms with Crippen molar-refractivity contribution in [3.05, 3.63) is 22.0 Å². The Morgan fingerprint density at radius 3 is 2.67 bits per heavy atom. The average molecular weight is 259 g/mol. The number of halogens is 1. The predicted molar refractivity (Wildman–Crippen MR) is 66.9 cm³/mol. The molecule has 0 saturated heterocycles. The minimum absolute atomic E-state index is 0.0538. The Balaban J connectivity index is 2.28. The fourth-order valence-corrected chi connectivity index (χ4v) is 3.12. The molecule has 0 saturated carbocycles. The van der Waals surface area contributed by atoms with Crippen LogP contribution in [0.4, 0.5) is 0 Å². The van der Waals surface area contributed by atoms with E-state index in [1.54, 1.807) is 22.7 Å². The lowest BCUT2D eigenvalue weighted by Gasteiger charge is -1.91. The molecule has 1 atom stereocenters. The summed E-state index contributed by atoms with van der Waals surface area (Å²) in [6.07, 6.45) is 1.07. The summed E-state index contributed by atoms with van der Waals surface area (Å²) < 4.78 is 0. The monoisotopic (exact) mass is 258 g/mol. The highest BCUT2D eigenvalue weighted by molar-refractivity contribution is 7.21. The largest absolute Gasteiger partial charge is 0.157 e. The second kappa shape index (κ2) is 4.60. The SMILES string of the molecule is CCc1ccc(-c2nnc(C(C)Cl)s2)s1. The van der Waals surface area contributed by atoms with Gasteiger partial charge in [-0.3, -0.25) is 0 Å². The summed E-state index contributed by atoms with van der Waals surface area (Å²) in [6.45, 7) is 4.07. The number of alkyl halides is 1. The molecule has 5 heteroatoms. The Labute approximate surface area is 102 Å². The average Bonchev–Trinajstić information content (AvgIpc) is 2.86. The smallest absolute Gasteiger partial charge is 0.142 e. The highest BCUT2D eigenvalue weighted by Gasteiger charge is 2.11. The number of aromatic nitrogens is 2. The molecule has 0 aromatic carbocycles. The van der Waals surface area contributed by atoms with E-state index < -0.39 is 0 Å². The third-order valence-corrected chi connectivity index (χ3v) is 4.84. The molecule has 0 radical (unpaired) electrons. The van der Waals surface area contributed by atoms with E-state index in [2.05, 4.69) is 29.3 Å². The normalized spacial score (nSPS) is 13.0. The quantitative estimate of drug-likeness (QED) is 0.774. The second-order valence-corrected chi connectivity index (χ2v) is 6.01. The molecule has 2 heterocycles.